The molecule has 2 heterocycles. The Morgan fingerprint density at radius 3 is 2.43 bits per heavy atom. The van der Waals surface area contributed by atoms with E-state index in [1.807, 2.05) is 0 Å². The standard InChI is InChI=1S/C13H15N3O4S/c17-12-9-2-1-3-10(11(9)13(18)16-15-12)14-8-4-6-21(19,20)7-5-8/h1-3,8,14H,4-7H2,(H,15,17)(H,16,18). The molecule has 112 valence electrons. The van der Waals surface area contributed by atoms with Crippen LogP contribution in [0.25, 0.3) is 10.8 Å². The van der Waals surface area contributed by atoms with Gasteiger partial charge in [-0.1, -0.05) is 6.07 Å². The third-order valence-corrected chi connectivity index (χ3v) is 5.46. The molecule has 3 rings (SSSR count). The van der Waals surface area contributed by atoms with E-state index in [9.17, 15) is 18.0 Å². The lowest BCUT2D eigenvalue weighted by atomic mass is 10.1. The Morgan fingerprint density at radius 2 is 1.71 bits per heavy atom. The molecule has 0 radical (unpaired) electrons. The topological polar surface area (TPSA) is 112 Å². The minimum atomic E-state index is -2.93. The van der Waals surface area contributed by atoms with Crippen molar-refractivity contribution in [3.05, 3.63) is 38.9 Å². The van der Waals surface area contributed by atoms with E-state index in [1.54, 1.807) is 18.2 Å². The maximum atomic E-state index is 11.9. The molecule has 1 aliphatic rings. The Balaban J connectivity index is 1.97. The second-order valence-electron chi connectivity index (χ2n) is 5.21. The van der Waals surface area contributed by atoms with Crippen molar-refractivity contribution in [2.24, 2.45) is 0 Å². The molecule has 1 aliphatic heterocycles. The van der Waals surface area contributed by atoms with Gasteiger partial charge in [0.15, 0.2) is 0 Å². The van der Waals surface area contributed by atoms with Crippen LogP contribution in [0.3, 0.4) is 0 Å². The van der Waals surface area contributed by atoms with Crippen molar-refractivity contribution in [1.29, 1.82) is 0 Å². The lowest BCUT2D eigenvalue weighted by Crippen LogP contribution is -2.32. The highest BCUT2D eigenvalue weighted by atomic mass is 32.2. The molecule has 0 atom stereocenters. The summed E-state index contributed by atoms with van der Waals surface area (Å²) in [5, 5.41) is 8.39. The first-order valence-electron chi connectivity index (χ1n) is 6.67. The van der Waals surface area contributed by atoms with Gasteiger partial charge in [-0.25, -0.2) is 8.42 Å². The van der Waals surface area contributed by atoms with Crippen LogP contribution in [0.1, 0.15) is 12.8 Å². The highest BCUT2D eigenvalue weighted by Gasteiger charge is 2.24. The second kappa shape index (κ2) is 5.03. The number of hydrogen-bond donors (Lipinski definition) is 3. The first kappa shape index (κ1) is 13.9. The molecule has 21 heavy (non-hydrogen) atoms. The zero-order chi connectivity index (χ0) is 15.0. The highest BCUT2D eigenvalue weighted by molar-refractivity contribution is 7.91. The molecule has 7 nitrogen and oxygen atoms in total. The summed E-state index contributed by atoms with van der Waals surface area (Å²) in [4.78, 5) is 23.7. The van der Waals surface area contributed by atoms with Crippen molar-refractivity contribution in [2.75, 3.05) is 16.8 Å². The second-order valence-corrected chi connectivity index (χ2v) is 7.51. The molecule has 8 heteroatoms. The third-order valence-electron chi connectivity index (χ3n) is 3.74. The fourth-order valence-corrected chi connectivity index (χ4v) is 4.10. The number of nitrogens with one attached hydrogen (secondary N) is 3. The van der Waals surface area contributed by atoms with Gasteiger partial charge in [-0.2, -0.15) is 0 Å². The lowest BCUT2D eigenvalue weighted by Gasteiger charge is -2.24. The lowest BCUT2D eigenvalue weighted by molar-refractivity contribution is 0.560. The summed E-state index contributed by atoms with van der Waals surface area (Å²) >= 11 is 0. The predicted molar refractivity (Wildman–Crippen MR) is 80.5 cm³/mol. The van der Waals surface area contributed by atoms with E-state index in [0.717, 1.165) is 0 Å². The number of rotatable bonds is 2. The summed E-state index contributed by atoms with van der Waals surface area (Å²) in [6, 6.07) is 4.98. The fourth-order valence-electron chi connectivity index (χ4n) is 2.60. The maximum Gasteiger partial charge on any atom is 0.272 e. The van der Waals surface area contributed by atoms with E-state index >= 15 is 0 Å². The SMILES string of the molecule is O=c1[nH][nH]c(=O)c2c(NC3CCS(=O)(=O)CC3)cccc12. The zero-order valence-electron chi connectivity index (χ0n) is 11.2. The molecule has 0 unspecified atom stereocenters. The van der Waals surface area contributed by atoms with Gasteiger partial charge in [-0.05, 0) is 25.0 Å². The van der Waals surface area contributed by atoms with Gasteiger partial charge in [0.2, 0.25) is 0 Å². The van der Waals surface area contributed by atoms with Crippen LogP contribution in [0, 0.1) is 0 Å². The van der Waals surface area contributed by atoms with Gasteiger partial charge in [0, 0.05) is 11.7 Å². The molecular weight excluding hydrogens is 294 g/mol. The van der Waals surface area contributed by atoms with Crippen LogP contribution in [0.4, 0.5) is 5.69 Å². The predicted octanol–water partition coefficient (Wildman–Crippen LogP) is 0.205. The largest absolute Gasteiger partial charge is 0.382 e. The molecule has 2 aromatic rings. The van der Waals surface area contributed by atoms with Gasteiger partial charge in [-0.15, -0.1) is 0 Å². The number of sulfone groups is 1. The van der Waals surface area contributed by atoms with E-state index in [1.165, 1.54) is 0 Å². The van der Waals surface area contributed by atoms with Crippen molar-refractivity contribution in [1.82, 2.24) is 10.2 Å². The normalized spacial score (nSPS) is 18.7. The summed E-state index contributed by atoms with van der Waals surface area (Å²) in [6.45, 7) is 0. The van der Waals surface area contributed by atoms with Gasteiger partial charge >= 0.3 is 0 Å². The van der Waals surface area contributed by atoms with E-state index in [0.29, 0.717) is 29.3 Å². The number of anilines is 1. The van der Waals surface area contributed by atoms with Gasteiger partial charge in [0.25, 0.3) is 11.1 Å². The average molecular weight is 309 g/mol. The number of aromatic nitrogens is 2. The van der Waals surface area contributed by atoms with Crippen molar-refractivity contribution in [3.63, 3.8) is 0 Å². The van der Waals surface area contributed by atoms with E-state index in [-0.39, 0.29) is 28.7 Å². The Morgan fingerprint density at radius 1 is 1.05 bits per heavy atom. The molecule has 0 bridgehead atoms. The van der Waals surface area contributed by atoms with E-state index < -0.39 is 9.84 Å². The molecular formula is C13H15N3O4S. The van der Waals surface area contributed by atoms with Gasteiger partial charge in [0.1, 0.15) is 9.84 Å². The average Bonchev–Trinajstić information content (AvgIpc) is 2.45. The van der Waals surface area contributed by atoms with Crippen LogP contribution < -0.4 is 16.4 Å². The van der Waals surface area contributed by atoms with Crippen LogP contribution in [-0.4, -0.2) is 36.2 Å². The van der Waals surface area contributed by atoms with Crippen molar-refractivity contribution < 1.29 is 8.42 Å². The van der Waals surface area contributed by atoms with E-state index in [4.69, 9.17) is 0 Å². The monoisotopic (exact) mass is 309 g/mol. The summed E-state index contributed by atoms with van der Waals surface area (Å²) < 4.78 is 22.9. The summed E-state index contributed by atoms with van der Waals surface area (Å²) in [7, 11) is -2.93. The minimum absolute atomic E-state index is 0.0159. The zero-order valence-corrected chi connectivity index (χ0v) is 12.0. The molecule has 3 N–H and O–H groups in total. The first-order chi connectivity index (χ1) is 9.96. The van der Waals surface area contributed by atoms with Crippen LogP contribution in [0.5, 0.6) is 0 Å². The summed E-state index contributed by atoms with van der Waals surface area (Å²) in [5.74, 6) is 0.290. The molecule has 1 saturated heterocycles. The van der Waals surface area contributed by atoms with Crippen molar-refractivity contribution in [3.8, 4) is 0 Å². The molecule has 0 aliphatic carbocycles. The molecule has 1 aromatic carbocycles. The number of fused-ring (bicyclic) bond motifs is 1. The molecule has 0 saturated carbocycles. The first-order valence-corrected chi connectivity index (χ1v) is 8.49. The quantitative estimate of drug-likeness (QED) is 0.734. The molecule has 1 aromatic heterocycles. The minimum Gasteiger partial charge on any atom is -0.382 e. The highest BCUT2D eigenvalue weighted by Crippen LogP contribution is 2.22. The van der Waals surface area contributed by atoms with Crippen LogP contribution >= 0.6 is 0 Å². The van der Waals surface area contributed by atoms with Crippen LogP contribution in [0.15, 0.2) is 27.8 Å². The Hall–Kier alpha value is -2.09. The number of hydrogen-bond acceptors (Lipinski definition) is 5. The van der Waals surface area contributed by atoms with E-state index in [2.05, 4.69) is 15.5 Å². The van der Waals surface area contributed by atoms with Gasteiger partial charge < -0.3 is 5.32 Å². The Bertz CT molecular complexity index is 884. The third kappa shape index (κ3) is 2.71. The molecule has 0 spiro atoms. The van der Waals surface area contributed by atoms with Crippen LogP contribution in [0.2, 0.25) is 0 Å². The maximum absolute atomic E-state index is 11.9. The Kier molecular flexibility index (Phi) is 3.32. The molecule has 0 amide bonds. The number of H-pyrrole nitrogens is 2. The Labute approximate surface area is 120 Å². The van der Waals surface area contributed by atoms with Gasteiger partial charge in [0.05, 0.1) is 22.3 Å². The van der Waals surface area contributed by atoms with Crippen molar-refractivity contribution >= 4 is 26.3 Å². The number of benzene rings is 1. The van der Waals surface area contributed by atoms with Crippen molar-refractivity contribution in [2.45, 2.75) is 18.9 Å². The fraction of sp³-hybridized carbons (Fsp3) is 0.385. The van der Waals surface area contributed by atoms with Crippen LogP contribution in [-0.2, 0) is 9.84 Å². The molecule has 1 fully saturated rings. The summed E-state index contributed by atoms with van der Waals surface area (Å²) in [6.07, 6.45) is 1.000. The number of aromatic amines is 2. The smallest absolute Gasteiger partial charge is 0.272 e. The summed E-state index contributed by atoms with van der Waals surface area (Å²) in [5.41, 5.74) is -0.181. The van der Waals surface area contributed by atoms with Gasteiger partial charge in [-0.3, -0.25) is 19.8 Å².